The molecule has 0 radical (unpaired) electrons. The van der Waals surface area contributed by atoms with Gasteiger partial charge in [0, 0.05) is 16.6 Å². The Balaban J connectivity index is 2.38. The zero-order chi connectivity index (χ0) is 13.2. The first-order valence-corrected chi connectivity index (χ1v) is 6.86. The number of allylic oxidation sites excluding steroid dienone is 1. The molecule has 0 aliphatic heterocycles. The highest BCUT2D eigenvalue weighted by atomic mass is 14.7. The minimum Gasteiger partial charge on any atom is -0.355 e. The molecule has 1 aromatic carbocycles. The molecule has 1 heteroatoms. The molecule has 0 unspecified atom stereocenters. The van der Waals surface area contributed by atoms with Crippen LogP contribution in [0.5, 0.6) is 0 Å². The first kappa shape index (κ1) is 12.9. The van der Waals surface area contributed by atoms with E-state index in [0.29, 0.717) is 5.41 Å². The molecule has 2 rings (SSSR count). The van der Waals surface area contributed by atoms with Crippen LogP contribution in [0.1, 0.15) is 44.9 Å². The maximum Gasteiger partial charge on any atom is 0.0461 e. The summed E-state index contributed by atoms with van der Waals surface area (Å²) in [5.74, 6) is 0. The molecule has 18 heavy (non-hydrogen) atoms. The van der Waals surface area contributed by atoms with Crippen LogP contribution in [0.2, 0.25) is 0 Å². The summed E-state index contributed by atoms with van der Waals surface area (Å²) in [7, 11) is 0. The molecule has 0 saturated carbocycles. The van der Waals surface area contributed by atoms with E-state index in [1.165, 1.54) is 35.0 Å². The summed E-state index contributed by atoms with van der Waals surface area (Å²) in [5, 5.41) is 1.33. The molecule has 1 nitrogen and oxygen atoms in total. The molecule has 0 bridgehead atoms. The molecule has 96 valence electrons. The number of nitrogens with one attached hydrogen (secondary N) is 1. The van der Waals surface area contributed by atoms with E-state index in [0.717, 1.165) is 0 Å². The second-order valence-electron chi connectivity index (χ2n) is 5.40. The van der Waals surface area contributed by atoms with Gasteiger partial charge in [-0.3, -0.25) is 0 Å². The predicted octanol–water partition coefficient (Wildman–Crippen LogP) is 5.32. The van der Waals surface area contributed by atoms with E-state index >= 15 is 0 Å². The first-order valence-electron chi connectivity index (χ1n) is 6.86. The lowest BCUT2D eigenvalue weighted by Gasteiger charge is -2.21. The van der Waals surface area contributed by atoms with Gasteiger partial charge >= 0.3 is 0 Å². The predicted molar refractivity (Wildman–Crippen MR) is 80.8 cm³/mol. The van der Waals surface area contributed by atoms with Gasteiger partial charge in [0.2, 0.25) is 0 Å². The summed E-state index contributed by atoms with van der Waals surface area (Å²) in [5.41, 5.74) is 4.12. The average Bonchev–Trinajstić information content (AvgIpc) is 2.73. The van der Waals surface area contributed by atoms with Crippen molar-refractivity contribution in [2.24, 2.45) is 5.41 Å². The molecule has 0 atom stereocenters. The van der Waals surface area contributed by atoms with Crippen LogP contribution in [0.4, 0.5) is 0 Å². The third-order valence-corrected chi connectivity index (χ3v) is 4.27. The van der Waals surface area contributed by atoms with Gasteiger partial charge in [-0.05, 0) is 42.9 Å². The molecule has 1 heterocycles. The maximum atomic E-state index is 3.50. The largest absolute Gasteiger partial charge is 0.355 e. The van der Waals surface area contributed by atoms with E-state index in [-0.39, 0.29) is 0 Å². The van der Waals surface area contributed by atoms with Crippen molar-refractivity contribution in [3.8, 4) is 0 Å². The van der Waals surface area contributed by atoms with Crippen LogP contribution >= 0.6 is 0 Å². The summed E-state index contributed by atoms with van der Waals surface area (Å²) < 4.78 is 0. The summed E-state index contributed by atoms with van der Waals surface area (Å²) in [6.07, 6.45) is 6.96. The minimum atomic E-state index is 0.309. The van der Waals surface area contributed by atoms with Crippen molar-refractivity contribution in [3.05, 3.63) is 41.6 Å². The fourth-order valence-corrected chi connectivity index (χ4v) is 2.24. The molecule has 0 fully saturated rings. The lowest BCUT2D eigenvalue weighted by atomic mass is 9.84. The number of aryl methyl sites for hydroxylation is 1. The molecule has 0 saturated heterocycles. The van der Waals surface area contributed by atoms with Gasteiger partial charge in [0.05, 0.1) is 0 Å². The smallest absolute Gasteiger partial charge is 0.0461 e. The molecule has 2 aromatic rings. The quantitative estimate of drug-likeness (QED) is 0.746. The van der Waals surface area contributed by atoms with E-state index in [9.17, 15) is 0 Å². The standard InChI is InChI=1S/C17H23N/c1-5-17(4,6-2)12-11-15-13(3)14-9-7-8-10-16(14)18-15/h7-12,18H,5-6H2,1-4H3/b12-11+. The number of fused-ring (bicyclic) bond motifs is 1. The Morgan fingerprint density at radius 1 is 1.17 bits per heavy atom. The van der Waals surface area contributed by atoms with Gasteiger partial charge in [-0.2, -0.15) is 0 Å². The van der Waals surface area contributed by atoms with Crippen molar-refractivity contribution in [1.29, 1.82) is 0 Å². The number of aromatic nitrogens is 1. The zero-order valence-electron chi connectivity index (χ0n) is 11.9. The van der Waals surface area contributed by atoms with Crippen LogP contribution < -0.4 is 0 Å². The number of hydrogen-bond acceptors (Lipinski definition) is 0. The SMILES string of the molecule is CCC(C)(/C=C/c1[nH]c2ccccc2c1C)CC. The van der Waals surface area contributed by atoms with Crippen LogP contribution in [-0.4, -0.2) is 4.98 Å². The number of hydrogen-bond donors (Lipinski definition) is 1. The average molecular weight is 241 g/mol. The molecule has 0 aliphatic rings. The Kier molecular flexibility index (Phi) is 3.60. The number of benzene rings is 1. The van der Waals surface area contributed by atoms with Gasteiger partial charge < -0.3 is 4.98 Å². The zero-order valence-corrected chi connectivity index (χ0v) is 11.9. The second-order valence-corrected chi connectivity index (χ2v) is 5.40. The van der Waals surface area contributed by atoms with Crippen LogP contribution in [0, 0.1) is 12.3 Å². The van der Waals surface area contributed by atoms with Crippen LogP contribution in [-0.2, 0) is 0 Å². The molecule has 1 N–H and O–H groups in total. The van der Waals surface area contributed by atoms with Crippen molar-refractivity contribution in [1.82, 2.24) is 4.98 Å². The fraction of sp³-hybridized carbons (Fsp3) is 0.412. The Labute approximate surface area is 110 Å². The lowest BCUT2D eigenvalue weighted by molar-refractivity contribution is 0.398. The number of H-pyrrole nitrogens is 1. The van der Waals surface area contributed by atoms with Gasteiger partial charge in [-0.1, -0.05) is 45.0 Å². The highest BCUT2D eigenvalue weighted by Crippen LogP contribution is 2.29. The van der Waals surface area contributed by atoms with E-state index < -0.39 is 0 Å². The lowest BCUT2D eigenvalue weighted by Crippen LogP contribution is -2.09. The van der Waals surface area contributed by atoms with Crippen LogP contribution in [0.25, 0.3) is 17.0 Å². The second kappa shape index (κ2) is 5.01. The summed E-state index contributed by atoms with van der Waals surface area (Å²) in [6.45, 7) is 9.02. The van der Waals surface area contributed by atoms with Crippen molar-refractivity contribution in [2.75, 3.05) is 0 Å². The van der Waals surface area contributed by atoms with Crippen molar-refractivity contribution >= 4 is 17.0 Å². The van der Waals surface area contributed by atoms with Crippen LogP contribution in [0.3, 0.4) is 0 Å². The van der Waals surface area contributed by atoms with Crippen molar-refractivity contribution in [2.45, 2.75) is 40.5 Å². The summed E-state index contributed by atoms with van der Waals surface area (Å²) >= 11 is 0. The Hall–Kier alpha value is -1.50. The first-order chi connectivity index (χ1) is 8.59. The molecular formula is C17H23N. The Morgan fingerprint density at radius 2 is 1.83 bits per heavy atom. The Morgan fingerprint density at radius 3 is 2.44 bits per heavy atom. The van der Waals surface area contributed by atoms with Gasteiger partial charge in [0.25, 0.3) is 0 Å². The van der Waals surface area contributed by atoms with E-state index in [4.69, 9.17) is 0 Å². The van der Waals surface area contributed by atoms with Crippen molar-refractivity contribution in [3.63, 3.8) is 0 Å². The van der Waals surface area contributed by atoms with E-state index in [1.807, 2.05) is 0 Å². The minimum absolute atomic E-state index is 0.309. The number of aromatic amines is 1. The maximum absolute atomic E-state index is 3.50. The van der Waals surface area contributed by atoms with Gasteiger partial charge in [0.15, 0.2) is 0 Å². The topological polar surface area (TPSA) is 15.8 Å². The normalized spacial score (nSPS) is 12.7. The third-order valence-electron chi connectivity index (χ3n) is 4.27. The van der Waals surface area contributed by atoms with Gasteiger partial charge in [-0.15, -0.1) is 0 Å². The van der Waals surface area contributed by atoms with Gasteiger partial charge in [0.1, 0.15) is 0 Å². The molecular weight excluding hydrogens is 218 g/mol. The summed E-state index contributed by atoms with van der Waals surface area (Å²) in [4.78, 5) is 3.50. The monoisotopic (exact) mass is 241 g/mol. The highest BCUT2D eigenvalue weighted by Gasteiger charge is 2.15. The third kappa shape index (κ3) is 2.35. The van der Waals surface area contributed by atoms with E-state index in [2.05, 4.69) is 69.1 Å². The summed E-state index contributed by atoms with van der Waals surface area (Å²) in [6, 6.07) is 8.49. The molecule has 0 amide bonds. The molecule has 1 aromatic heterocycles. The van der Waals surface area contributed by atoms with E-state index in [1.54, 1.807) is 0 Å². The molecule has 0 spiro atoms. The fourth-order valence-electron chi connectivity index (χ4n) is 2.24. The molecule has 0 aliphatic carbocycles. The Bertz CT molecular complexity index is 556. The number of para-hydroxylation sites is 1. The van der Waals surface area contributed by atoms with Crippen molar-refractivity contribution < 1.29 is 0 Å². The van der Waals surface area contributed by atoms with Crippen LogP contribution in [0.15, 0.2) is 30.3 Å². The number of rotatable bonds is 4. The van der Waals surface area contributed by atoms with Gasteiger partial charge in [-0.25, -0.2) is 0 Å². The highest BCUT2D eigenvalue weighted by molar-refractivity contribution is 5.86.